The van der Waals surface area contributed by atoms with Crippen molar-refractivity contribution >= 4 is 0 Å². The smallest absolute Gasteiger partial charge is 0.0624 e. The lowest BCUT2D eigenvalue weighted by Gasteiger charge is -2.15. The van der Waals surface area contributed by atoms with Gasteiger partial charge >= 0.3 is 0 Å². The Kier molecular flexibility index (Phi) is 2.23. The van der Waals surface area contributed by atoms with E-state index in [1.54, 1.807) is 0 Å². The molecule has 1 heteroatoms. The van der Waals surface area contributed by atoms with Gasteiger partial charge in [-0.25, -0.2) is 0 Å². The van der Waals surface area contributed by atoms with Gasteiger partial charge in [0.1, 0.15) is 0 Å². The van der Waals surface area contributed by atoms with Gasteiger partial charge in [0.2, 0.25) is 0 Å². The van der Waals surface area contributed by atoms with Crippen LogP contribution in [0.25, 0.3) is 0 Å². The molecule has 1 nitrogen and oxygen atoms in total. The third-order valence-electron chi connectivity index (χ3n) is 2.85. The molecule has 0 aromatic carbocycles. The van der Waals surface area contributed by atoms with Crippen molar-refractivity contribution in [1.82, 2.24) is 0 Å². The Morgan fingerprint density at radius 1 is 1.45 bits per heavy atom. The Labute approximate surface area is 69.4 Å². The summed E-state index contributed by atoms with van der Waals surface area (Å²) in [5.41, 5.74) is 0.487. The summed E-state index contributed by atoms with van der Waals surface area (Å²) in [7, 11) is 0. The predicted molar refractivity (Wildman–Crippen MR) is 45.9 cm³/mol. The van der Waals surface area contributed by atoms with Crippen LogP contribution in [0.15, 0.2) is 0 Å². The number of hydrogen-bond acceptors (Lipinski definition) is 1. The van der Waals surface area contributed by atoms with Gasteiger partial charge < -0.3 is 0 Å². The lowest BCUT2D eigenvalue weighted by Crippen LogP contribution is -2.04. The van der Waals surface area contributed by atoms with Gasteiger partial charge in [-0.3, -0.25) is 0 Å². The maximum atomic E-state index is 8.56. The van der Waals surface area contributed by atoms with Crippen LogP contribution in [0.4, 0.5) is 0 Å². The molecule has 0 aliphatic heterocycles. The van der Waals surface area contributed by atoms with Crippen LogP contribution in [0, 0.1) is 28.6 Å². The molecule has 1 aliphatic rings. The van der Waals surface area contributed by atoms with Gasteiger partial charge in [-0.1, -0.05) is 20.8 Å². The standard InChI is InChI=1S/C10H17N/c1-8-6-10(2,3)7-9(8)4-5-11/h8-9H,4,6-7H2,1-3H3. The largest absolute Gasteiger partial charge is 0.198 e. The van der Waals surface area contributed by atoms with E-state index in [4.69, 9.17) is 5.26 Å². The summed E-state index contributed by atoms with van der Waals surface area (Å²) in [5, 5.41) is 8.56. The van der Waals surface area contributed by atoms with Gasteiger partial charge in [-0.05, 0) is 30.1 Å². The zero-order valence-electron chi connectivity index (χ0n) is 7.72. The van der Waals surface area contributed by atoms with Crippen molar-refractivity contribution in [3.63, 3.8) is 0 Å². The van der Waals surface area contributed by atoms with E-state index >= 15 is 0 Å². The molecule has 2 unspecified atom stereocenters. The van der Waals surface area contributed by atoms with E-state index < -0.39 is 0 Å². The van der Waals surface area contributed by atoms with Gasteiger partial charge in [0.05, 0.1) is 6.07 Å². The third kappa shape index (κ3) is 1.96. The summed E-state index contributed by atoms with van der Waals surface area (Å²) in [4.78, 5) is 0. The number of hydrogen-bond donors (Lipinski definition) is 0. The molecule has 0 amide bonds. The summed E-state index contributed by atoms with van der Waals surface area (Å²) in [6.07, 6.45) is 3.28. The van der Waals surface area contributed by atoms with Crippen LogP contribution in [-0.2, 0) is 0 Å². The number of rotatable bonds is 1. The highest BCUT2D eigenvalue weighted by molar-refractivity contribution is 4.90. The molecule has 0 aromatic rings. The second-order valence-corrected chi connectivity index (χ2v) is 4.67. The van der Waals surface area contributed by atoms with Crippen molar-refractivity contribution in [2.45, 2.75) is 40.0 Å². The molecule has 0 radical (unpaired) electrons. The first-order chi connectivity index (χ1) is 5.05. The topological polar surface area (TPSA) is 23.8 Å². The van der Waals surface area contributed by atoms with Gasteiger partial charge in [0.15, 0.2) is 0 Å². The highest BCUT2D eigenvalue weighted by Crippen LogP contribution is 2.45. The molecular formula is C10H17N. The average molecular weight is 151 g/mol. The van der Waals surface area contributed by atoms with Crippen molar-refractivity contribution < 1.29 is 0 Å². The molecule has 0 N–H and O–H groups in total. The molecule has 0 heterocycles. The van der Waals surface area contributed by atoms with Crippen LogP contribution in [0.5, 0.6) is 0 Å². The molecule has 1 aliphatic carbocycles. The summed E-state index contributed by atoms with van der Waals surface area (Å²) in [6.45, 7) is 6.89. The van der Waals surface area contributed by atoms with E-state index in [1.165, 1.54) is 12.8 Å². The molecule has 0 bridgehead atoms. The van der Waals surface area contributed by atoms with Crippen LogP contribution >= 0.6 is 0 Å². The second kappa shape index (κ2) is 2.85. The van der Waals surface area contributed by atoms with Crippen molar-refractivity contribution in [3.8, 4) is 6.07 Å². The first kappa shape index (κ1) is 8.59. The Morgan fingerprint density at radius 3 is 2.45 bits per heavy atom. The SMILES string of the molecule is CC1CC(C)(C)CC1CC#N. The lowest BCUT2D eigenvalue weighted by atomic mass is 9.90. The normalized spacial score (nSPS) is 35.1. The highest BCUT2D eigenvalue weighted by atomic mass is 14.4. The molecule has 0 aromatic heterocycles. The predicted octanol–water partition coefficient (Wildman–Crippen LogP) is 2.97. The Hall–Kier alpha value is -0.510. The molecule has 1 fully saturated rings. The van der Waals surface area contributed by atoms with E-state index in [2.05, 4.69) is 26.8 Å². The fourth-order valence-corrected chi connectivity index (χ4v) is 2.42. The molecule has 0 spiro atoms. The minimum absolute atomic E-state index is 0.487. The van der Waals surface area contributed by atoms with E-state index in [1.807, 2.05) is 0 Å². The number of nitriles is 1. The van der Waals surface area contributed by atoms with Gasteiger partial charge in [0.25, 0.3) is 0 Å². The molecule has 0 saturated heterocycles. The van der Waals surface area contributed by atoms with Gasteiger partial charge in [0, 0.05) is 6.42 Å². The molecule has 11 heavy (non-hydrogen) atoms. The van der Waals surface area contributed by atoms with Crippen molar-refractivity contribution in [2.24, 2.45) is 17.3 Å². The summed E-state index contributed by atoms with van der Waals surface area (Å²) < 4.78 is 0. The molecule has 1 saturated carbocycles. The van der Waals surface area contributed by atoms with Crippen LogP contribution in [0.2, 0.25) is 0 Å². The van der Waals surface area contributed by atoms with Gasteiger partial charge in [-0.15, -0.1) is 0 Å². The lowest BCUT2D eigenvalue weighted by molar-refractivity contribution is 0.360. The third-order valence-corrected chi connectivity index (χ3v) is 2.85. The first-order valence-corrected chi connectivity index (χ1v) is 4.42. The van der Waals surface area contributed by atoms with E-state index in [-0.39, 0.29) is 0 Å². The molecule has 62 valence electrons. The second-order valence-electron chi connectivity index (χ2n) is 4.67. The molecular weight excluding hydrogens is 134 g/mol. The fourth-order valence-electron chi connectivity index (χ4n) is 2.42. The zero-order valence-corrected chi connectivity index (χ0v) is 7.72. The molecule has 2 atom stereocenters. The quantitative estimate of drug-likeness (QED) is 0.565. The Balaban J connectivity index is 2.53. The number of nitrogens with zero attached hydrogens (tertiary/aromatic N) is 1. The average Bonchev–Trinajstić information content (AvgIpc) is 2.07. The monoisotopic (exact) mass is 151 g/mol. The first-order valence-electron chi connectivity index (χ1n) is 4.42. The van der Waals surface area contributed by atoms with E-state index in [0.717, 1.165) is 12.3 Å². The minimum Gasteiger partial charge on any atom is -0.198 e. The van der Waals surface area contributed by atoms with Crippen molar-refractivity contribution in [1.29, 1.82) is 5.26 Å². The van der Waals surface area contributed by atoms with Crippen LogP contribution < -0.4 is 0 Å². The summed E-state index contributed by atoms with van der Waals surface area (Å²) in [6, 6.07) is 2.28. The van der Waals surface area contributed by atoms with E-state index in [0.29, 0.717) is 11.3 Å². The van der Waals surface area contributed by atoms with Crippen molar-refractivity contribution in [2.75, 3.05) is 0 Å². The van der Waals surface area contributed by atoms with E-state index in [9.17, 15) is 0 Å². The summed E-state index contributed by atoms with van der Waals surface area (Å²) in [5.74, 6) is 1.42. The zero-order chi connectivity index (χ0) is 8.48. The molecule has 1 rings (SSSR count). The fraction of sp³-hybridized carbons (Fsp3) is 0.900. The van der Waals surface area contributed by atoms with Gasteiger partial charge in [-0.2, -0.15) is 5.26 Å². The highest BCUT2D eigenvalue weighted by Gasteiger charge is 2.36. The summed E-state index contributed by atoms with van der Waals surface area (Å²) >= 11 is 0. The minimum atomic E-state index is 0.487. The van der Waals surface area contributed by atoms with Crippen LogP contribution in [0.3, 0.4) is 0 Å². The Bertz CT molecular complexity index is 176. The Morgan fingerprint density at radius 2 is 2.09 bits per heavy atom. The maximum Gasteiger partial charge on any atom is 0.0624 e. The van der Waals surface area contributed by atoms with Crippen LogP contribution in [-0.4, -0.2) is 0 Å². The van der Waals surface area contributed by atoms with Crippen molar-refractivity contribution in [3.05, 3.63) is 0 Å². The van der Waals surface area contributed by atoms with Crippen LogP contribution in [0.1, 0.15) is 40.0 Å². The maximum absolute atomic E-state index is 8.56.